The summed E-state index contributed by atoms with van der Waals surface area (Å²) in [5, 5.41) is 19.5. The van der Waals surface area contributed by atoms with Crippen molar-refractivity contribution in [1.82, 2.24) is 19.7 Å². The van der Waals surface area contributed by atoms with Crippen LogP contribution in [0.1, 0.15) is 51.9 Å². The number of aliphatic imine (C=N–C) groups is 1. The molecule has 1 aromatic carbocycles. The number of aryl methyl sites for hydroxylation is 2. The average molecular weight is 515 g/mol. The predicted octanol–water partition coefficient (Wildman–Crippen LogP) is 4.94. The van der Waals surface area contributed by atoms with Gasteiger partial charge < -0.3 is 10.0 Å². The Balaban J connectivity index is 1.54. The van der Waals surface area contributed by atoms with E-state index in [0.717, 1.165) is 57.6 Å². The molecule has 9 heteroatoms. The number of carboxylic acids is 1. The van der Waals surface area contributed by atoms with Crippen LogP contribution in [0.3, 0.4) is 0 Å². The van der Waals surface area contributed by atoms with Crippen molar-refractivity contribution in [3.63, 3.8) is 0 Å². The van der Waals surface area contributed by atoms with Gasteiger partial charge in [-0.3, -0.25) is 19.3 Å². The minimum atomic E-state index is -0.914. The molecule has 8 nitrogen and oxygen atoms in total. The summed E-state index contributed by atoms with van der Waals surface area (Å²) in [5.41, 5.74) is 6.05. The number of carboxylic acid groups (broad SMARTS) is 1. The molecule has 0 saturated heterocycles. The second-order valence-corrected chi connectivity index (χ2v) is 10.7. The molecule has 190 valence electrons. The Hall–Kier alpha value is -3.85. The third kappa shape index (κ3) is 4.55. The number of rotatable bonds is 7. The standard InChI is InChI=1S/C28H30N6O2S/c1-16-18(3)37-27-23(16)25(30-24(17(2)28(35)36)26-32-31-19(4)34(26)27)20-9-11-22(12-10-20)33(5)15-13-21-8-6-7-14-29-21/h6-12,14,17,24H,13,15H2,1-5H3,(H,35,36)/t17-,24?/m0/s1. The zero-order valence-electron chi connectivity index (χ0n) is 21.6. The van der Waals surface area contributed by atoms with E-state index in [-0.39, 0.29) is 0 Å². The van der Waals surface area contributed by atoms with E-state index in [2.05, 4.69) is 65.2 Å². The van der Waals surface area contributed by atoms with Gasteiger partial charge in [-0.2, -0.15) is 0 Å². The number of aliphatic carboxylic acids is 1. The highest BCUT2D eigenvalue weighted by atomic mass is 32.1. The summed E-state index contributed by atoms with van der Waals surface area (Å²) in [6.07, 6.45) is 2.68. The summed E-state index contributed by atoms with van der Waals surface area (Å²) in [6, 6.07) is 13.7. The molecule has 4 aromatic rings. The highest BCUT2D eigenvalue weighted by molar-refractivity contribution is 7.15. The molecule has 0 fully saturated rings. The fraction of sp³-hybridized carbons (Fsp3) is 0.321. The van der Waals surface area contributed by atoms with Gasteiger partial charge in [0, 0.05) is 53.6 Å². The molecule has 5 rings (SSSR count). The predicted molar refractivity (Wildman–Crippen MR) is 146 cm³/mol. The van der Waals surface area contributed by atoms with Crippen LogP contribution in [0.25, 0.3) is 5.00 Å². The molecule has 1 aliphatic rings. The lowest BCUT2D eigenvalue weighted by Gasteiger charge is -2.20. The molecule has 2 atom stereocenters. The Kier molecular flexibility index (Phi) is 6.64. The van der Waals surface area contributed by atoms with E-state index in [1.165, 1.54) is 4.88 Å². The Morgan fingerprint density at radius 3 is 2.57 bits per heavy atom. The first-order valence-corrected chi connectivity index (χ1v) is 13.1. The number of benzene rings is 1. The van der Waals surface area contributed by atoms with Gasteiger partial charge in [0.05, 0.1) is 11.6 Å². The minimum absolute atomic E-state index is 0.566. The molecule has 3 aromatic heterocycles. The monoisotopic (exact) mass is 514 g/mol. The maximum Gasteiger partial charge on any atom is 0.308 e. The molecular weight excluding hydrogens is 484 g/mol. The first-order valence-electron chi connectivity index (χ1n) is 12.3. The van der Waals surface area contributed by atoms with E-state index >= 15 is 0 Å². The Morgan fingerprint density at radius 1 is 1.14 bits per heavy atom. The summed E-state index contributed by atoms with van der Waals surface area (Å²) in [4.78, 5) is 24.9. The molecule has 1 aliphatic heterocycles. The number of anilines is 1. The molecular formula is C28H30N6O2S. The number of aromatic nitrogens is 4. The molecule has 1 unspecified atom stereocenters. The number of carbonyl (C=O) groups is 1. The third-order valence-electron chi connectivity index (χ3n) is 7.06. The van der Waals surface area contributed by atoms with E-state index in [0.29, 0.717) is 5.82 Å². The fourth-order valence-electron chi connectivity index (χ4n) is 4.65. The number of hydrogen-bond acceptors (Lipinski definition) is 7. The van der Waals surface area contributed by atoms with Crippen LogP contribution in [0.5, 0.6) is 0 Å². The summed E-state index contributed by atoms with van der Waals surface area (Å²) >= 11 is 1.67. The molecule has 1 N–H and O–H groups in total. The van der Waals surface area contributed by atoms with Crippen LogP contribution in [-0.4, -0.2) is 50.1 Å². The van der Waals surface area contributed by atoms with E-state index in [1.807, 2.05) is 35.9 Å². The van der Waals surface area contributed by atoms with Gasteiger partial charge in [0.2, 0.25) is 0 Å². The number of likely N-dealkylation sites (N-methyl/N-ethyl adjacent to an activating group) is 1. The average Bonchev–Trinajstić information content (AvgIpc) is 3.37. The Bertz CT molecular complexity index is 1470. The lowest BCUT2D eigenvalue weighted by Crippen LogP contribution is -2.21. The second-order valence-electron chi connectivity index (χ2n) is 9.49. The molecule has 0 radical (unpaired) electrons. The van der Waals surface area contributed by atoms with Gasteiger partial charge in [-0.1, -0.05) is 18.2 Å². The quantitative estimate of drug-likeness (QED) is 0.375. The molecule has 37 heavy (non-hydrogen) atoms. The summed E-state index contributed by atoms with van der Waals surface area (Å²) < 4.78 is 1.99. The van der Waals surface area contributed by atoms with Crippen molar-refractivity contribution in [2.45, 2.75) is 40.2 Å². The van der Waals surface area contributed by atoms with Crippen LogP contribution >= 0.6 is 11.3 Å². The van der Waals surface area contributed by atoms with E-state index in [4.69, 9.17) is 4.99 Å². The van der Waals surface area contributed by atoms with Crippen LogP contribution in [0, 0.1) is 26.7 Å². The SMILES string of the molecule is Cc1sc2c(c1C)C(c1ccc(N(C)CCc3ccccn3)cc1)=NC([C@H](C)C(=O)O)c1nnc(C)n1-2. The van der Waals surface area contributed by atoms with Crippen LogP contribution < -0.4 is 4.90 Å². The molecule has 0 aliphatic carbocycles. The number of nitrogens with zero attached hydrogens (tertiary/aromatic N) is 6. The fourth-order valence-corrected chi connectivity index (χ4v) is 5.86. The molecule has 0 spiro atoms. The van der Waals surface area contributed by atoms with Gasteiger partial charge in [-0.25, -0.2) is 0 Å². The first-order chi connectivity index (χ1) is 17.8. The number of pyridine rings is 1. The van der Waals surface area contributed by atoms with Gasteiger partial charge in [-0.15, -0.1) is 21.5 Å². The maximum atomic E-state index is 12.1. The second kappa shape index (κ2) is 9.89. The van der Waals surface area contributed by atoms with Gasteiger partial charge in [0.25, 0.3) is 0 Å². The highest BCUT2D eigenvalue weighted by Gasteiger charge is 2.36. The van der Waals surface area contributed by atoms with Gasteiger partial charge in [0.15, 0.2) is 5.82 Å². The van der Waals surface area contributed by atoms with Crippen molar-refractivity contribution in [3.8, 4) is 5.00 Å². The first kappa shape index (κ1) is 24.8. The van der Waals surface area contributed by atoms with Crippen molar-refractivity contribution in [3.05, 3.63) is 87.6 Å². The van der Waals surface area contributed by atoms with Gasteiger partial charge in [0.1, 0.15) is 16.9 Å². The van der Waals surface area contributed by atoms with Crippen molar-refractivity contribution in [2.24, 2.45) is 10.9 Å². The number of hydrogen-bond donors (Lipinski definition) is 1. The van der Waals surface area contributed by atoms with Crippen LogP contribution in [0.15, 0.2) is 53.7 Å². The van der Waals surface area contributed by atoms with E-state index in [1.54, 1.807) is 18.3 Å². The van der Waals surface area contributed by atoms with E-state index in [9.17, 15) is 9.90 Å². The smallest absolute Gasteiger partial charge is 0.308 e. The van der Waals surface area contributed by atoms with Crippen molar-refractivity contribution < 1.29 is 9.90 Å². The van der Waals surface area contributed by atoms with E-state index < -0.39 is 17.9 Å². The maximum absolute atomic E-state index is 12.1. The normalized spacial score (nSPS) is 15.4. The zero-order chi connectivity index (χ0) is 26.3. The summed E-state index contributed by atoms with van der Waals surface area (Å²) in [6.45, 7) is 8.62. The van der Waals surface area contributed by atoms with Crippen molar-refractivity contribution >= 4 is 28.7 Å². The summed E-state index contributed by atoms with van der Waals surface area (Å²) in [5.74, 6) is -0.384. The third-order valence-corrected chi connectivity index (χ3v) is 8.26. The Morgan fingerprint density at radius 2 is 1.89 bits per heavy atom. The molecule has 0 saturated carbocycles. The highest BCUT2D eigenvalue weighted by Crippen LogP contribution is 2.40. The zero-order valence-corrected chi connectivity index (χ0v) is 22.5. The molecule has 0 bridgehead atoms. The van der Waals surface area contributed by atoms with Gasteiger partial charge in [-0.05, 0) is 57.5 Å². The lowest BCUT2D eigenvalue weighted by molar-refractivity contribution is -0.141. The molecule has 0 amide bonds. The lowest BCUT2D eigenvalue weighted by atomic mass is 9.98. The van der Waals surface area contributed by atoms with Crippen LogP contribution in [0.2, 0.25) is 0 Å². The topological polar surface area (TPSA) is 96.5 Å². The minimum Gasteiger partial charge on any atom is -0.481 e. The van der Waals surface area contributed by atoms with Crippen LogP contribution in [0.4, 0.5) is 5.69 Å². The Labute approximate surface area is 220 Å². The van der Waals surface area contributed by atoms with Crippen molar-refractivity contribution in [2.75, 3.05) is 18.5 Å². The molecule has 4 heterocycles. The summed E-state index contributed by atoms with van der Waals surface area (Å²) in [7, 11) is 2.07. The van der Waals surface area contributed by atoms with Crippen LogP contribution in [-0.2, 0) is 11.2 Å². The number of fused-ring (bicyclic) bond motifs is 3. The van der Waals surface area contributed by atoms with Crippen molar-refractivity contribution in [1.29, 1.82) is 0 Å². The largest absolute Gasteiger partial charge is 0.481 e. The number of thiophene rings is 1. The van der Waals surface area contributed by atoms with Gasteiger partial charge >= 0.3 is 5.97 Å².